The Balaban J connectivity index is 1.77. The summed E-state index contributed by atoms with van der Waals surface area (Å²) in [7, 11) is 0. The molecule has 2 N–H and O–H groups in total. The first-order valence-corrected chi connectivity index (χ1v) is 7.66. The number of fused-ring (bicyclic) bond motifs is 1. The molecule has 2 heterocycles. The summed E-state index contributed by atoms with van der Waals surface area (Å²) in [6.07, 6.45) is 3.19. The highest BCUT2D eigenvalue weighted by atomic mass is 16.3. The van der Waals surface area contributed by atoms with Crippen molar-refractivity contribution < 1.29 is 9.90 Å². The summed E-state index contributed by atoms with van der Waals surface area (Å²) in [4.78, 5) is 24.1. The number of carbonyl (C=O) groups excluding carboxylic acids is 1. The molecule has 0 bridgehead atoms. The highest BCUT2D eigenvalue weighted by Crippen LogP contribution is 2.14. The minimum atomic E-state index is -0.455. The molecule has 2 atom stereocenters. The van der Waals surface area contributed by atoms with E-state index in [1.807, 2.05) is 18.2 Å². The zero-order valence-electron chi connectivity index (χ0n) is 12.4. The first kappa shape index (κ1) is 14.9. The topological polar surface area (TPSA) is 71.3 Å². The van der Waals surface area contributed by atoms with Gasteiger partial charge in [0.05, 0.1) is 18.2 Å². The van der Waals surface area contributed by atoms with E-state index < -0.39 is 6.10 Å². The van der Waals surface area contributed by atoms with Crippen molar-refractivity contribution >= 4 is 16.7 Å². The molecule has 0 radical (unpaired) electrons. The van der Waals surface area contributed by atoms with Crippen molar-refractivity contribution in [1.82, 2.24) is 9.88 Å². The van der Waals surface area contributed by atoms with Crippen molar-refractivity contribution in [3.05, 3.63) is 46.8 Å². The van der Waals surface area contributed by atoms with Crippen molar-refractivity contribution in [2.24, 2.45) is 0 Å². The van der Waals surface area contributed by atoms with Gasteiger partial charge >= 0.3 is 0 Å². The number of ketones is 1. The molecule has 0 aliphatic carbocycles. The van der Waals surface area contributed by atoms with Gasteiger partial charge in [-0.25, -0.2) is 0 Å². The van der Waals surface area contributed by atoms with Crippen LogP contribution in [0.2, 0.25) is 0 Å². The zero-order chi connectivity index (χ0) is 15.5. The molecule has 1 aliphatic heterocycles. The van der Waals surface area contributed by atoms with Gasteiger partial charge in [-0.15, -0.1) is 0 Å². The molecule has 2 aromatic rings. The number of Topliss-reactive ketones (excluding diaryl/α,β-unsaturated/α-hetero) is 1. The maximum Gasteiger partial charge on any atom is 0.189 e. The predicted octanol–water partition coefficient (Wildman–Crippen LogP) is 1.07. The van der Waals surface area contributed by atoms with E-state index in [-0.39, 0.29) is 23.8 Å². The number of hydrogen-bond acceptors (Lipinski definition) is 4. The van der Waals surface area contributed by atoms with Crippen LogP contribution in [0.4, 0.5) is 0 Å². The van der Waals surface area contributed by atoms with Gasteiger partial charge in [0.25, 0.3) is 0 Å². The number of nitrogens with zero attached hydrogens (tertiary/aromatic N) is 1. The van der Waals surface area contributed by atoms with Crippen LogP contribution in [0.3, 0.4) is 0 Å². The average Bonchev–Trinajstić information content (AvgIpc) is 2.53. The number of aliphatic hydroxyl groups excluding tert-OH is 1. The summed E-state index contributed by atoms with van der Waals surface area (Å²) in [5.41, 5.74) is 0.726. The molecule has 1 saturated heterocycles. The van der Waals surface area contributed by atoms with E-state index in [1.54, 1.807) is 16.8 Å². The summed E-state index contributed by atoms with van der Waals surface area (Å²) in [6.45, 7) is 1.06. The van der Waals surface area contributed by atoms with Crippen LogP contribution in [0.1, 0.15) is 19.3 Å². The van der Waals surface area contributed by atoms with Crippen LogP contribution >= 0.6 is 0 Å². The number of aromatic nitrogens is 1. The minimum Gasteiger partial charge on any atom is -0.391 e. The summed E-state index contributed by atoms with van der Waals surface area (Å²) in [5, 5.41) is 13.8. The lowest BCUT2D eigenvalue weighted by Gasteiger charge is -2.28. The second kappa shape index (κ2) is 6.42. The lowest BCUT2D eigenvalue weighted by atomic mass is 9.97. The molecule has 5 nitrogen and oxygen atoms in total. The Bertz CT molecular complexity index is 738. The number of para-hydroxylation sites is 1. The maximum absolute atomic E-state index is 12.3. The van der Waals surface area contributed by atoms with Gasteiger partial charge in [0.15, 0.2) is 11.2 Å². The summed E-state index contributed by atoms with van der Waals surface area (Å²) in [6, 6.07) is 8.62. The van der Waals surface area contributed by atoms with Gasteiger partial charge < -0.3 is 15.0 Å². The Labute approximate surface area is 128 Å². The molecule has 1 aromatic carbocycles. The largest absolute Gasteiger partial charge is 0.391 e. The number of piperidine rings is 1. The number of benzene rings is 1. The molecular weight excluding hydrogens is 280 g/mol. The molecule has 0 amide bonds. The van der Waals surface area contributed by atoms with Gasteiger partial charge in [-0.3, -0.25) is 9.59 Å². The minimum absolute atomic E-state index is 0.0383. The molecule has 1 aliphatic rings. The number of aliphatic hydroxyl groups is 1. The first-order chi connectivity index (χ1) is 10.6. The Morgan fingerprint density at radius 1 is 1.32 bits per heavy atom. The van der Waals surface area contributed by atoms with E-state index in [4.69, 9.17) is 0 Å². The second-order valence-electron chi connectivity index (χ2n) is 5.84. The van der Waals surface area contributed by atoms with Gasteiger partial charge in [0, 0.05) is 30.1 Å². The van der Waals surface area contributed by atoms with Crippen molar-refractivity contribution in [3.63, 3.8) is 0 Å². The van der Waals surface area contributed by atoms with Crippen molar-refractivity contribution in [1.29, 1.82) is 0 Å². The molecular formula is C17H20N2O3. The Kier molecular flexibility index (Phi) is 4.36. The van der Waals surface area contributed by atoms with E-state index in [0.717, 1.165) is 24.9 Å². The normalized spacial score (nSPS) is 21.9. The van der Waals surface area contributed by atoms with Gasteiger partial charge in [-0.2, -0.15) is 0 Å². The third-order valence-corrected chi connectivity index (χ3v) is 4.23. The second-order valence-corrected chi connectivity index (χ2v) is 5.84. The highest BCUT2D eigenvalue weighted by molar-refractivity contribution is 5.83. The number of carbonyl (C=O) groups is 1. The number of nitrogens with one attached hydrogen (secondary N) is 1. The highest BCUT2D eigenvalue weighted by Gasteiger charge is 2.24. The van der Waals surface area contributed by atoms with E-state index in [0.29, 0.717) is 11.8 Å². The Hall–Kier alpha value is -1.98. The fourth-order valence-electron chi connectivity index (χ4n) is 3.04. The summed E-state index contributed by atoms with van der Waals surface area (Å²) >= 11 is 0. The van der Waals surface area contributed by atoms with E-state index in [1.165, 1.54) is 6.07 Å². The van der Waals surface area contributed by atoms with Crippen LogP contribution in [-0.4, -0.2) is 34.1 Å². The van der Waals surface area contributed by atoms with E-state index in [9.17, 15) is 14.7 Å². The van der Waals surface area contributed by atoms with Gasteiger partial charge in [0.1, 0.15) is 0 Å². The molecule has 116 valence electrons. The molecule has 3 rings (SSSR count). The van der Waals surface area contributed by atoms with Crippen LogP contribution in [0, 0.1) is 0 Å². The fourth-order valence-corrected chi connectivity index (χ4v) is 3.04. The van der Waals surface area contributed by atoms with Crippen LogP contribution in [-0.2, 0) is 11.3 Å². The average molecular weight is 300 g/mol. The Morgan fingerprint density at radius 2 is 2.14 bits per heavy atom. The SMILES string of the molecule is O=C(C[C@H]1NCCC[C@@H]1O)Cn1ccc(=O)c2ccccc21. The zero-order valence-corrected chi connectivity index (χ0v) is 12.4. The summed E-state index contributed by atoms with van der Waals surface area (Å²) < 4.78 is 1.80. The summed E-state index contributed by atoms with van der Waals surface area (Å²) in [5.74, 6) is 0.0484. The van der Waals surface area contributed by atoms with E-state index >= 15 is 0 Å². The molecule has 22 heavy (non-hydrogen) atoms. The van der Waals surface area contributed by atoms with Gasteiger partial charge in [-0.05, 0) is 31.5 Å². The fraction of sp³-hybridized carbons (Fsp3) is 0.412. The van der Waals surface area contributed by atoms with Crippen LogP contribution in [0.25, 0.3) is 10.9 Å². The van der Waals surface area contributed by atoms with Crippen molar-refractivity contribution in [2.75, 3.05) is 6.54 Å². The molecule has 0 saturated carbocycles. The van der Waals surface area contributed by atoms with Gasteiger partial charge in [-0.1, -0.05) is 12.1 Å². The van der Waals surface area contributed by atoms with E-state index in [2.05, 4.69) is 5.32 Å². The maximum atomic E-state index is 12.3. The molecule has 5 heteroatoms. The molecule has 0 spiro atoms. The number of hydrogen-bond donors (Lipinski definition) is 2. The lowest BCUT2D eigenvalue weighted by molar-refractivity contribution is -0.121. The first-order valence-electron chi connectivity index (χ1n) is 7.66. The van der Waals surface area contributed by atoms with Crippen molar-refractivity contribution in [2.45, 2.75) is 38.0 Å². The van der Waals surface area contributed by atoms with Crippen LogP contribution < -0.4 is 10.7 Å². The molecule has 1 fully saturated rings. The number of rotatable bonds is 4. The monoisotopic (exact) mass is 300 g/mol. The molecule has 1 aromatic heterocycles. The Morgan fingerprint density at radius 3 is 2.95 bits per heavy atom. The quantitative estimate of drug-likeness (QED) is 0.886. The van der Waals surface area contributed by atoms with Gasteiger partial charge in [0.2, 0.25) is 0 Å². The van der Waals surface area contributed by atoms with Crippen LogP contribution in [0.15, 0.2) is 41.3 Å². The van der Waals surface area contributed by atoms with Crippen molar-refractivity contribution in [3.8, 4) is 0 Å². The smallest absolute Gasteiger partial charge is 0.189 e. The third-order valence-electron chi connectivity index (χ3n) is 4.23. The number of pyridine rings is 1. The van der Waals surface area contributed by atoms with Crippen LogP contribution in [0.5, 0.6) is 0 Å². The standard InChI is InChI=1S/C17H20N2O3/c20-12(10-14-17(22)6-3-8-18-14)11-19-9-7-16(21)13-4-1-2-5-15(13)19/h1-2,4-5,7,9,14,17-18,22H,3,6,8,10-11H2/t14-,17+/m1/s1. The third kappa shape index (κ3) is 3.10. The molecule has 0 unspecified atom stereocenters. The predicted molar refractivity (Wildman–Crippen MR) is 84.9 cm³/mol. The lowest BCUT2D eigenvalue weighted by Crippen LogP contribution is -2.46.